The van der Waals surface area contributed by atoms with Crippen molar-refractivity contribution in [2.24, 2.45) is 0 Å². The van der Waals surface area contributed by atoms with Gasteiger partial charge in [0.2, 0.25) is 5.91 Å². The van der Waals surface area contributed by atoms with E-state index in [2.05, 4.69) is 15.6 Å². The Morgan fingerprint density at radius 2 is 2.19 bits per heavy atom. The molecule has 1 heterocycles. The van der Waals surface area contributed by atoms with Crippen molar-refractivity contribution in [2.75, 3.05) is 26.8 Å². The molecule has 0 fully saturated rings. The molecule has 5 nitrogen and oxygen atoms in total. The van der Waals surface area contributed by atoms with Crippen LogP contribution in [0, 0.1) is 0 Å². The van der Waals surface area contributed by atoms with Crippen LogP contribution in [0.4, 0.5) is 0 Å². The molecule has 2 N–H and O–H groups in total. The number of carbonyl (C=O) groups is 1. The van der Waals surface area contributed by atoms with Crippen molar-refractivity contribution in [1.82, 2.24) is 15.6 Å². The Hall–Kier alpha value is -1.46. The molecule has 0 aliphatic heterocycles. The Labute approximate surface area is 95.2 Å². The van der Waals surface area contributed by atoms with Gasteiger partial charge in [0, 0.05) is 32.6 Å². The number of nitrogens with zero attached hydrogens (tertiary/aromatic N) is 1. The molecular weight excluding hydrogens is 206 g/mol. The number of rotatable bonds is 7. The number of aromatic nitrogens is 1. The fraction of sp³-hybridized carbons (Fsp3) is 0.455. The number of carbonyl (C=O) groups excluding carboxylic acids is 1. The van der Waals surface area contributed by atoms with Gasteiger partial charge in [-0.15, -0.1) is 0 Å². The minimum atomic E-state index is -0.0204. The van der Waals surface area contributed by atoms with Crippen LogP contribution in [0.5, 0.6) is 0 Å². The molecule has 88 valence electrons. The minimum Gasteiger partial charge on any atom is -0.383 e. The summed E-state index contributed by atoms with van der Waals surface area (Å²) < 4.78 is 4.85. The van der Waals surface area contributed by atoms with E-state index in [9.17, 15) is 4.79 Å². The van der Waals surface area contributed by atoms with Crippen molar-refractivity contribution >= 4 is 5.91 Å². The second-order valence-electron chi connectivity index (χ2n) is 3.30. The second-order valence-corrected chi connectivity index (χ2v) is 3.30. The second kappa shape index (κ2) is 7.78. The van der Waals surface area contributed by atoms with Crippen LogP contribution in [0.1, 0.15) is 5.56 Å². The van der Waals surface area contributed by atoms with Crippen molar-refractivity contribution in [2.45, 2.75) is 6.54 Å². The zero-order valence-corrected chi connectivity index (χ0v) is 9.40. The molecule has 0 radical (unpaired) electrons. The highest BCUT2D eigenvalue weighted by Gasteiger charge is 1.99. The maximum absolute atomic E-state index is 11.3. The van der Waals surface area contributed by atoms with E-state index in [1.54, 1.807) is 19.5 Å². The summed E-state index contributed by atoms with van der Waals surface area (Å²) in [7, 11) is 1.63. The van der Waals surface area contributed by atoms with Crippen LogP contribution in [0.3, 0.4) is 0 Å². The molecule has 0 saturated heterocycles. The highest BCUT2D eigenvalue weighted by Crippen LogP contribution is 1.94. The Morgan fingerprint density at radius 3 is 2.88 bits per heavy atom. The van der Waals surface area contributed by atoms with E-state index in [4.69, 9.17) is 4.74 Å². The maximum Gasteiger partial charge on any atom is 0.234 e. The Bertz CT molecular complexity index is 303. The molecule has 0 aliphatic carbocycles. The third-order valence-electron chi connectivity index (χ3n) is 2.01. The molecule has 0 atom stereocenters. The van der Waals surface area contributed by atoms with Crippen molar-refractivity contribution < 1.29 is 9.53 Å². The van der Waals surface area contributed by atoms with E-state index in [0.717, 1.165) is 5.56 Å². The number of ether oxygens (including phenoxy) is 1. The summed E-state index contributed by atoms with van der Waals surface area (Å²) in [6.45, 7) is 2.14. The van der Waals surface area contributed by atoms with Gasteiger partial charge in [-0.05, 0) is 17.7 Å². The summed E-state index contributed by atoms with van der Waals surface area (Å²) >= 11 is 0. The molecule has 0 bridgehead atoms. The third-order valence-corrected chi connectivity index (χ3v) is 2.01. The number of hydrogen-bond donors (Lipinski definition) is 2. The van der Waals surface area contributed by atoms with Crippen molar-refractivity contribution in [3.05, 3.63) is 30.1 Å². The van der Waals surface area contributed by atoms with Crippen LogP contribution < -0.4 is 10.6 Å². The summed E-state index contributed by atoms with van der Waals surface area (Å²) in [6, 6.07) is 3.75. The molecule has 1 amide bonds. The summed E-state index contributed by atoms with van der Waals surface area (Å²) in [5.41, 5.74) is 1.04. The first kappa shape index (κ1) is 12.6. The molecule has 16 heavy (non-hydrogen) atoms. The summed E-state index contributed by atoms with van der Waals surface area (Å²) in [5, 5.41) is 5.78. The minimum absolute atomic E-state index is 0.0204. The van der Waals surface area contributed by atoms with Gasteiger partial charge in [-0.3, -0.25) is 9.78 Å². The number of amides is 1. The fourth-order valence-electron chi connectivity index (χ4n) is 1.14. The quantitative estimate of drug-likeness (QED) is 0.635. The van der Waals surface area contributed by atoms with Crippen molar-refractivity contribution in [1.29, 1.82) is 0 Å². The number of nitrogens with one attached hydrogen (secondary N) is 2. The standard InChI is InChI=1S/C11H17N3O2/c1-16-7-6-13-9-11(15)14-8-10-2-4-12-5-3-10/h2-5,13H,6-9H2,1H3,(H,14,15). The Kier molecular flexibility index (Phi) is 6.13. The van der Waals surface area contributed by atoms with E-state index in [0.29, 0.717) is 26.2 Å². The summed E-state index contributed by atoms with van der Waals surface area (Å²) in [6.07, 6.45) is 3.41. The molecule has 0 unspecified atom stereocenters. The van der Waals surface area contributed by atoms with Crippen LogP contribution in [0.2, 0.25) is 0 Å². The molecular formula is C11H17N3O2. The predicted molar refractivity (Wildman–Crippen MR) is 60.8 cm³/mol. The van der Waals surface area contributed by atoms with Gasteiger partial charge in [-0.1, -0.05) is 0 Å². The average molecular weight is 223 g/mol. The first-order valence-electron chi connectivity index (χ1n) is 5.18. The lowest BCUT2D eigenvalue weighted by Crippen LogP contribution is -2.34. The van der Waals surface area contributed by atoms with Gasteiger partial charge in [-0.2, -0.15) is 0 Å². The van der Waals surface area contributed by atoms with Gasteiger partial charge in [0.1, 0.15) is 0 Å². The highest BCUT2D eigenvalue weighted by atomic mass is 16.5. The lowest BCUT2D eigenvalue weighted by Gasteiger charge is -2.06. The van der Waals surface area contributed by atoms with Gasteiger partial charge < -0.3 is 15.4 Å². The van der Waals surface area contributed by atoms with Crippen LogP contribution in [0.25, 0.3) is 0 Å². The van der Waals surface area contributed by atoms with E-state index in [1.807, 2.05) is 12.1 Å². The number of pyridine rings is 1. The van der Waals surface area contributed by atoms with Gasteiger partial charge >= 0.3 is 0 Å². The number of methoxy groups -OCH3 is 1. The molecule has 5 heteroatoms. The van der Waals surface area contributed by atoms with Crippen LogP contribution >= 0.6 is 0 Å². The molecule has 0 aliphatic rings. The van der Waals surface area contributed by atoms with Gasteiger partial charge in [0.25, 0.3) is 0 Å². The van der Waals surface area contributed by atoms with E-state index >= 15 is 0 Å². The lowest BCUT2D eigenvalue weighted by molar-refractivity contribution is -0.120. The first-order chi connectivity index (χ1) is 7.83. The van der Waals surface area contributed by atoms with Crippen molar-refractivity contribution in [3.8, 4) is 0 Å². The number of hydrogen-bond acceptors (Lipinski definition) is 4. The predicted octanol–water partition coefficient (Wildman–Crippen LogP) is -0.0662. The summed E-state index contributed by atoms with van der Waals surface area (Å²) in [5.74, 6) is -0.0204. The molecule has 0 aromatic carbocycles. The topological polar surface area (TPSA) is 63.2 Å². The molecule has 0 saturated carbocycles. The van der Waals surface area contributed by atoms with Gasteiger partial charge in [0.05, 0.1) is 13.2 Å². The third kappa shape index (κ3) is 5.43. The molecule has 1 aromatic heterocycles. The van der Waals surface area contributed by atoms with Crippen molar-refractivity contribution in [3.63, 3.8) is 0 Å². The van der Waals surface area contributed by atoms with E-state index in [-0.39, 0.29) is 5.91 Å². The lowest BCUT2D eigenvalue weighted by atomic mass is 10.3. The molecule has 0 spiro atoms. The Morgan fingerprint density at radius 1 is 1.44 bits per heavy atom. The van der Waals surface area contributed by atoms with Crippen LogP contribution in [0.15, 0.2) is 24.5 Å². The fourth-order valence-corrected chi connectivity index (χ4v) is 1.14. The Balaban J connectivity index is 2.11. The maximum atomic E-state index is 11.3. The normalized spacial score (nSPS) is 10.1. The average Bonchev–Trinajstić information content (AvgIpc) is 2.33. The largest absolute Gasteiger partial charge is 0.383 e. The highest BCUT2D eigenvalue weighted by molar-refractivity contribution is 5.77. The monoisotopic (exact) mass is 223 g/mol. The molecule has 1 aromatic rings. The zero-order valence-electron chi connectivity index (χ0n) is 9.40. The molecule has 1 rings (SSSR count). The van der Waals surface area contributed by atoms with Gasteiger partial charge in [0.15, 0.2) is 0 Å². The SMILES string of the molecule is COCCNCC(=O)NCc1ccncc1. The van der Waals surface area contributed by atoms with Crippen LogP contribution in [-0.2, 0) is 16.1 Å². The first-order valence-corrected chi connectivity index (χ1v) is 5.18. The smallest absolute Gasteiger partial charge is 0.234 e. The van der Waals surface area contributed by atoms with Crippen LogP contribution in [-0.4, -0.2) is 37.7 Å². The summed E-state index contributed by atoms with van der Waals surface area (Å²) in [4.78, 5) is 15.3. The van der Waals surface area contributed by atoms with E-state index in [1.165, 1.54) is 0 Å². The zero-order chi connectivity index (χ0) is 11.6. The van der Waals surface area contributed by atoms with Gasteiger partial charge in [-0.25, -0.2) is 0 Å². The van der Waals surface area contributed by atoms with E-state index < -0.39 is 0 Å².